The molecule has 0 spiro atoms. The van der Waals surface area contributed by atoms with Crippen LogP contribution in [-0.4, -0.2) is 41.5 Å². The van der Waals surface area contributed by atoms with Crippen LogP contribution >= 0.6 is 0 Å². The molecule has 1 fully saturated rings. The predicted molar refractivity (Wildman–Crippen MR) is 56.5 cm³/mol. The van der Waals surface area contributed by atoms with Gasteiger partial charge in [-0.2, -0.15) is 0 Å². The van der Waals surface area contributed by atoms with E-state index in [2.05, 4.69) is 5.32 Å². The van der Waals surface area contributed by atoms with Gasteiger partial charge < -0.3 is 25.5 Å². The molecule has 15 heavy (non-hydrogen) atoms. The third kappa shape index (κ3) is 1.92. The lowest BCUT2D eigenvalue weighted by Crippen LogP contribution is -2.43. The summed E-state index contributed by atoms with van der Waals surface area (Å²) < 4.78 is 0. The Bertz CT molecular complexity index is 339. The van der Waals surface area contributed by atoms with Crippen LogP contribution in [0.15, 0.2) is 12.1 Å². The van der Waals surface area contributed by atoms with Crippen molar-refractivity contribution in [2.45, 2.75) is 0 Å². The molecule has 1 aromatic carbocycles. The summed E-state index contributed by atoms with van der Waals surface area (Å²) in [6.07, 6.45) is 0. The maximum Gasteiger partial charge on any atom is 0.146 e. The maximum atomic E-state index is 9.64. The summed E-state index contributed by atoms with van der Waals surface area (Å²) in [5.41, 5.74) is 0.397. The number of hydrogen-bond acceptors (Lipinski definition) is 5. The van der Waals surface area contributed by atoms with Crippen molar-refractivity contribution >= 4 is 5.69 Å². The highest BCUT2D eigenvalue weighted by molar-refractivity contribution is 5.69. The molecule has 1 heterocycles. The molecule has 0 bridgehead atoms. The van der Waals surface area contributed by atoms with Crippen LogP contribution in [0.3, 0.4) is 0 Å². The zero-order valence-electron chi connectivity index (χ0n) is 8.27. The van der Waals surface area contributed by atoms with Gasteiger partial charge in [0, 0.05) is 38.3 Å². The Hall–Kier alpha value is -1.62. The fourth-order valence-corrected chi connectivity index (χ4v) is 1.80. The molecule has 0 aromatic heterocycles. The molecule has 5 heteroatoms. The summed E-state index contributed by atoms with van der Waals surface area (Å²) in [7, 11) is 0. The SMILES string of the molecule is Oc1cc(O)c(N2CCNCC2)c(O)c1. The second-order valence-corrected chi connectivity index (χ2v) is 3.57. The van der Waals surface area contributed by atoms with Gasteiger partial charge >= 0.3 is 0 Å². The number of rotatable bonds is 1. The van der Waals surface area contributed by atoms with E-state index in [0.717, 1.165) is 26.2 Å². The zero-order chi connectivity index (χ0) is 10.8. The second-order valence-electron chi connectivity index (χ2n) is 3.57. The lowest BCUT2D eigenvalue weighted by molar-refractivity contribution is 0.424. The van der Waals surface area contributed by atoms with Crippen LogP contribution in [0.4, 0.5) is 5.69 Å². The normalized spacial score (nSPS) is 16.7. The van der Waals surface area contributed by atoms with Crippen molar-refractivity contribution in [3.05, 3.63) is 12.1 Å². The number of hydrogen-bond donors (Lipinski definition) is 4. The number of anilines is 1. The van der Waals surface area contributed by atoms with Gasteiger partial charge in [0.15, 0.2) is 0 Å². The van der Waals surface area contributed by atoms with E-state index in [9.17, 15) is 10.2 Å². The van der Waals surface area contributed by atoms with Crippen LogP contribution in [0.1, 0.15) is 0 Å². The lowest BCUT2D eigenvalue weighted by Gasteiger charge is -2.30. The Kier molecular flexibility index (Phi) is 2.55. The van der Waals surface area contributed by atoms with Crippen LogP contribution in [0.5, 0.6) is 17.2 Å². The average molecular weight is 210 g/mol. The number of piperazine rings is 1. The molecule has 0 aliphatic carbocycles. The van der Waals surface area contributed by atoms with Crippen LogP contribution < -0.4 is 10.2 Å². The van der Waals surface area contributed by atoms with E-state index in [4.69, 9.17) is 5.11 Å². The van der Waals surface area contributed by atoms with Crippen molar-refractivity contribution in [2.24, 2.45) is 0 Å². The zero-order valence-corrected chi connectivity index (χ0v) is 8.27. The Morgan fingerprint density at radius 1 is 1.00 bits per heavy atom. The van der Waals surface area contributed by atoms with Crippen molar-refractivity contribution in [3.8, 4) is 17.2 Å². The molecule has 0 atom stereocenters. The van der Waals surface area contributed by atoms with E-state index in [1.165, 1.54) is 12.1 Å². The number of nitrogens with zero attached hydrogens (tertiary/aromatic N) is 1. The van der Waals surface area contributed by atoms with Gasteiger partial charge in [-0.1, -0.05) is 0 Å². The molecule has 4 N–H and O–H groups in total. The predicted octanol–water partition coefficient (Wildman–Crippen LogP) is 0.213. The first-order chi connectivity index (χ1) is 7.18. The quantitative estimate of drug-likeness (QED) is 0.533. The van der Waals surface area contributed by atoms with E-state index in [1.807, 2.05) is 4.90 Å². The van der Waals surface area contributed by atoms with Gasteiger partial charge in [0.2, 0.25) is 0 Å². The van der Waals surface area contributed by atoms with Gasteiger partial charge in [-0.25, -0.2) is 0 Å². The van der Waals surface area contributed by atoms with Crippen molar-refractivity contribution in [2.75, 3.05) is 31.1 Å². The molecule has 5 nitrogen and oxygen atoms in total. The third-order valence-corrected chi connectivity index (χ3v) is 2.49. The molecule has 2 rings (SSSR count). The summed E-state index contributed by atoms with van der Waals surface area (Å²) in [6.45, 7) is 3.09. The van der Waals surface area contributed by atoms with Crippen molar-refractivity contribution < 1.29 is 15.3 Å². The van der Waals surface area contributed by atoms with Gasteiger partial charge in [-0.3, -0.25) is 0 Å². The minimum atomic E-state index is -0.135. The molecule has 82 valence electrons. The summed E-state index contributed by atoms with van der Waals surface area (Å²) in [4.78, 5) is 1.89. The highest BCUT2D eigenvalue weighted by atomic mass is 16.3. The van der Waals surface area contributed by atoms with Gasteiger partial charge in [0.1, 0.15) is 22.9 Å². The number of phenolic OH excluding ortho intramolecular Hbond substituents is 3. The number of nitrogens with one attached hydrogen (secondary N) is 1. The molecule has 0 amide bonds. The van der Waals surface area contributed by atoms with Crippen molar-refractivity contribution in [1.82, 2.24) is 5.32 Å². The number of aromatic hydroxyl groups is 3. The van der Waals surface area contributed by atoms with E-state index in [1.54, 1.807) is 0 Å². The van der Waals surface area contributed by atoms with E-state index < -0.39 is 0 Å². The molecule has 0 unspecified atom stereocenters. The lowest BCUT2D eigenvalue weighted by atomic mass is 10.2. The minimum absolute atomic E-state index is 0.0885. The van der Waals surface area contributed by atoms with Gasteiger partial charge in [-0.15, -0.1) is 0 Å². The standard InChI is InChI=1S/C10H14N2O3/c13-7-5-8(14)10(9(15)6-7)12-3-1-11-2-4-12/h5-6,11,13-15H,1-4H2. The van der Waals surface area contributed by atoms with E-state index in [0.29, 0.717) is 5.69 Å². The number of phenols is 3. The average Bonchev–Trinajstić information content (AvgIpc) is 2.17. The Morgan fingerprint density at radius 2 is 1.53 bits per heavy atom. The largest absolute Gasteiger partial charge is 0.508 e. The molecule has 1 aromatic rings. The van der Waals surface area contributed by atoms with Crippen LogP contribution in [0, 0.1) is 0 Å². The smallest absolute Gasteiger partial charge is 0.146 e. The third-order valence-electron chi connectivity index (χ3n) is 2.49. The highest BCUT2D eigenvalue weighted by Gasteiger charge is 2.18. The van der Waals surface area contributed by atoms with E-state index >= 15 is 0 Å². The Balaban J connectivity index is 2.33. The highest BCUT2D eigenvalue weighted by Crippen LogP contribution is 2.39. The van der Waals surface area contributed by atoms with Crippen LogP contribution in [0.2, 0.25) is 0 Å². The van der Waals surface area contributed by atoms with E-state index in [-0.39, 0.29) is 17.2 Å². The fraction of sp³-hybridized carbons (Fsp3) is 0.400. The van der Waals surface area contributed by atoms with Crippen molar-refractivity contribution in [3.63, 3.8) is 0 Å². The molecule has 1 saturated heterocycles. The first-order valence-electron chi connectivity index (χ1n) is 4.89. The monoisotopic (exact) mass is 210 g/mol. The second kappa shape index (κ2) is 3.86. The summed E-state index contributed by atoms with van der Waals surface area (Å²) in [5, 5.41) is 31.6. The van der Waals surface area contributed by atoms with Gasteiger partial charge in [0.25, 0.3) is 0 Å². The fourth-order valence-electron chi connectivity index (χ4n) is 1.80. The van der Waals surface area contributed by atoms with Crippen LogP contribution in [-0.2, 0) is 0 Å². The summed E-state index contributed by atoms with van der Waals surface area (Å²) in [5.74, 6) is -0.312. The minimum Gasteiger partial charge on any atom is -0.508 e. The first kappa shape index (κ1) is 9.92. The maximum absolute atomic E-state index is 9.64. The summed E-state index contributed by atoms with van der Waals surface area (Å²) >= 11 is 0. The first-order valence-corrected chi connectivity index (χ1v) is 4.89. The van der Waals surface area contributed by atoms with Gasteiger partial charge in [-0.05, 0) is 0 Å². The molecule has 0 saturated carbocycles. The topological polar surface area (TPSA) is 76.0 Å². The Labute approximate surface area is 87.6 Å². The van der Waals surface area contributed by atoms with Crippen molar-refractivity contribution in [1.29, 1.82) is 0 Å². The molecule has 1 aliphatic rings. The summed E-state index contributed by atoms with van der Waals surface area (Å²) in [6, 6.07) is 2.47. The molecule has 0 radical (unpaired) electrons. The molecular formula is C10H14N2O3. The number of benzene rings is 1. The van der Waals surface area contributed by atoms with Crippen LogP contribution in [0.25, 0.3) is 0 Å². The molecule has 1 aliphatic heterocycles. The molecular weight excluding hydrogens is 196 g/mol. The van der Waals surface area contributed by atoms with Gasteiger partial charge in [0.05, 0.1) is 0 Å². The Morgan fingerprint density at radius 3 is 2.07 bits per heavy atom.